The molecule has 0 amide bonds. The van der Waals surface area contributed by atoms with Crippen molar-refractivity contribution >= 4 is 12.0 Å². The molecule has 26 heavy (non-hydrogen) atoms. The maximum Gasteiger partial charge on any atom is 0.573 e. The van der Waals surface area contributed by atoms with E-state index < -0.39 is 29.8 Å². The molecule has 0 aromatic heterocycles. The van der Waals surface area contributed by atoms with Crippen molar-refractivity contribution in [3.05, 3.63) is 59.7 Å². The highest BCUT2D eigenvalue weighted by atomic mass is 19.4. The highest BCUT2D eigenvalue weighted by Gasteiger charge is 2.32. The summed E-state index contributed by atoms with van der Waals surface area (Å²) in [6, 6.07) is 7.13. The van der Waals surface area contributed by atoms with E-state index in [1.54, 1.807) is 0 Å². The Bertz CT molecular complexity index is 820. The second-order valence-electron chi connectivity index (χ2n) is 5.04. The average molecular weight is 376 g/mol. The van der Waals surface area contributed by atoms with Crippen LogP contribution in [-0.2, 0) is 11.0 Å². The second-order valence-corrected chi connectivity index (χ2v) is 5.04. The van der Waals surface area contributed by atoms with E-state index in [2.05, 4.69) is 4.74 Å². The minimum absolute atomic E-state index is 0.0493. The van der Waals surface area contributed by atoms with Crippen molar-refractivity contribution in [1.82, 2.24) is 0 Å². The quantitative estimate of drug-likeness (QED) is 0.577. The van der Waals surface area contributed by atoms with Gasteiger partial charge in [-0.3, -0.25) is 0 Å². The molecule has 0 aliphatic carbocycles. The maximum absolute atomic E-state index is 12.8. The molecule has 0 fully saturated rings. The van der Waals surface area contributed by atoms with Crippen LogP contribution in [0, 0.1) is 0 Å². The van der Waals surface area contributed by atoms with Gasteiger partial charge in [0.05, 0.1) is 5.56 Å². The number of rotatable bonds is 4. The Balaban J connectivity index is 2.45. The summed E-state index contributed by atoms with van der Waals surface area (Å²) in [6.45, 7) is 0. The molecule has 0 atom stereocenters. The molecule has 0 spiro atoms. The van der Waals surface area contributed by atoms with Gasteiger partial charge >= 0.3 is 18.5 Å². The number of hydrogen-bond donors (Lipinski definition) is 1. The van der Waals surface area contributed by atoms with Crippen LogP contribution in [-0.4, -0.2) is 17.4 Å². The second kappa shape index (κ2) is 7.11. The van der Waals surface area contributed by atoms with Crippen LogP contribution in [0.2, 0.25) is 0 Å². The van der Waals surface area contributed by atoms with Gasteiger partial charge in [0.2, 0.25) is 0 Å². The summed E-state index contributed by atoms with van der Waals surface area (Å²) in [4.78, 5) is 10.6. The lowest BCUT2D eigenvalue weighted by molar-refractivity contribution is -0.274. The van der Waals surface area contributed by atoms with Gasteiger partial charge in [-0.15, -0.1) is 13.2 Å². The lowest BCUT2D eigenvalue weighted by atomic mass is 9.97. The molecule has 2 rings (SSSR count). The third kappa shape index (κ3) is 5.27. The number of aliphatic carboxylic acids is 1. The zero-order valence-corrected chi connectivity index (χ0v) is 12.7. The van der Waals surface area contributed by atoms with Crippen LogP contribution in [0.4, 0.5) is 26.3 Å². The Morgan fingerprint density at radius 3 is 2.08 bits per heavy atom. The third-order valence-electron chi connectivity index (χ3n) is 3.18. The van der Waals surface area contributed by atoms with Crippen LogP contribution in [0.3, 0.4) is 0 Å². The van der Waals surface area contributed by atoms with E-state index in [0.29, 0.717) is 11.6 Å². The maximum atomic E-state index is 12.8. The Hall–Kier alpha value is -2.97. The Labute approximate surface area is 143 Å². The molecular formula is C17H10F6O3. The number of carbonyl (C=O) groups is 1. The van der Waals surface area contributed by atoms with Crippen LogP contribution < -0.4 is 4.74 Å². The van der Waals surface area contributed by atoms with E-state index in [-0.39, 0.29) is 11.1 Å². The Kier molecular flexibility index (Phi) is 5.29. The van der Waals surface area contributed by atoms with Crippen molar-refractivity contribution in [2.75, 3.05) is 0 Å². The van der Waals surface area contributed by atoms with Crippen molar-refractivity contribution < 1.29 is 41.0 Å². The normalized spacial score (nSPS) is 12.4. The standard InChI is InChI=1S/C17H10F6O3/c18-16(19,20)12-4-7-14(11(9-12)3-8-15(24)25)10-1-5-13(6-2-10)26-17(21,22)23/h1-9H,(H,24,25)/b8-3+. The van der Waals surface area contributed by atoms with Gasteiger partial charge < -0.3 is 9.84 Å². The van der Waals surface area contributed by atoms with Crippen molar-refractivity contribution in [2.45, 2.75) is 12.5 Å². The SMILES string of the molecule is O=C(O)/C=C/c1cc(C(F)(F)F)ccc1-c1ccc(OC(F)(F)F)cc1. The van der Waals surface area contributed by atoms with Gasteiger partial charge in [0.25, 0.3) is 0 Å². The van der Waals surface area contributed by atoms with Crippen LogP contribution in [0.5, 0.6) is 5.75 Å². The minimum atomic E-state index is -4.87. The van der Waals surface area contributed by atoms with E-state index in [9.17, 15) is 31.1 Å². The Morgan fingerprint density at radius 1 is 0.962 bits per heavy atom. The number of carboxylic acid groups (broad SMARTS) is 1. The fraction of sp³-hybridized carbons (Fsp3) is 0.118. The fourth-order valence-corrected chi connectivity index (χ4v) is 2.14. The van der Waals surface area contributed by atoms with Crippen molar-refractivity contribution in [3.8, 4) is 16.9 Å². The molecule has 1 N–H and O–H groups in total. The lowest BCUT2D eigenvalue weighted by Crippen LogP contribution is -2.16. The van der Waals surface area contributed by atoms with Crippen LogP contribution in [0.1, 0.15) is 11.1 Å². The predicted octanol–water partition coefficient (Wildman–Crippen LogP) is 5.37. The molecule has 0 unspecified atom stereocenters. The van der Waals surface area contributed by atoms with Gasteiger partial charge in [-0.05, 0) is 47.0 Å². The van der Waals surface area contributed by atoms with Crippen molar-refractivity contribution in [2.24, 2.45) is 0 Å². The summed E-state index contributed by atoms with van der Waals surface area (Å²) in [5, 5.41) is 8.68. The van der Waals surface area contributed by atoms with Gasteiger partial charge in [-0.2, -0.15) is 13.2 Å². The van der Waals surface area contributed by atoms with Crippen molar-refractivity contribution in [1.29, 1.82) is 0 Å². The van der Waals surface area contributed by atoms with Crippen LogP contribution >= 0.6 is 0 Å². The fourth-order valence-electron chi connectivity index (χ4n) is 2.14. The zero-order valence-electron chi connectivity index (χ0n) is 12.7. The van der Waals surface area contributed by atoms with E-state index in [4.69, 9.17) is 5.11 Å². The molecule has 0 radical (unpaired) electrons. The molecule has 0 aliphatic heterocycles. The first-order valence-corrected chi connectivity index (χ1v) is 6.94. The zero-order chi connectivity index (χ0) is 19.5. The number of carboxylic acids is 1. The van der Waals surface area contributed by atoms with Gasteiger partial charge in [-0.1, -0.05) is 18.2 Å². The predicted molar refractivity (Wildman–Crippen MR) is 80.2 cm³/mol. The van der Waals surface area contributed by atoms with E-state index >= 15 is 0 Å². The number of hydrogen-bond acceptors (Lipinski definition) is 2. The first-order valence-electron chi connectivity index (χ1n) is 6.94. The summed E-state index contributed by atoms with van der Waals surface area (Å²) < 4.78 is 78.8. The van der Waals surface area contributed by atoms with E-state index in [0.717, 1.165) is 36.4 Å². The number of benzene rings is 2. The number of alkyl halides is 6. The molecule has 0 saturated heterocycles. The molecular weight excluding hydrogens is 366 g/mol. The minimum Gasteiger partial charge on any atom is -0.478 e. The van der Waals surface area contributed by atoms with Gasteiger partial charge in [-0.25, -0.2) is 4.79 Å². The largest absolute Gasteiger partial charge is 0.573 e. The number of ether oxygens (including phenoxy) is 1. The molecule has 2 aromatic carbocycles. The van der Waals surface area contributed by atoms with Crippen LogP contribution in [0.15, 0.2) is 48.5 Å². The lowest BCUT2D eigenvalue weighted by Gasteiger charge is -2.13. The molecule has 0 saturated carbocycles. The summed E-state index contributed by atoms with van der Waals surface area (Å²) in [5.74, 6) is -1.85. The molecule has 2 aromatic rings. The van der Waals surface area contributed by atoms with Gasteiger partial charge in [0.1, 0.15) is 5.75 Å². The Morgan fingerprint density at radius 2 is 1.58 bits per heavy atom. The molecule has 138 valence electrons. The van der Waals surface area contributed by atoms with Crippen LogP contribution in [0.25, 0.3) is 17.2 Å². The highest BCUT2D eigenvalue weighted by Crippen LogP contribution is 2.35. The summed E-state index contributed by atoms with van der Waals surface area (Å²) in [6.07, 6.45) is -7.85. The summed E-state index contributed by atoms with van der Waals surface area (Å²) in [7, 11) is 0. The average Bonchev–Trinajstić information content (AvgIpc) is 2.51. The molecule has 0 heterocycles. The van der Waals surface area contributed by atoms with Gasteiger partial charge in [0, 0.05) is 6.08 Å². The monoisotopic (exact) mass is 376 g/mol. The highest BCUT2D eigenvalue weighted by molar-refractivity contribution is 5.88. The summed E-state index contributed by atoms with van der Waals surface area (Å²) in [5.41, 5.74) is -0.526. The first kappa shape index (κ1) is 19.4. The van der Waals surface area contributed by atoms with E-state index in [1.807, 2.05) is 0 Å². The topological polar surface area (TPSA) is 46.5 Å². The smallest absolute Gasteiger partial charge is 0.478 e. The first-order chi connectivity index (χ1) is 12.0. The van der Waals surface area contributed by atoms with Crippen molar-refractivity contribution in [3.63, 3.8) is 0 Å². The molecule has 0 bridgehead atoms. The molecule has 3 nitrogen and oxygen atoms in total. The van der Waals surface area contributed by atoms with Gasteiger partial charge in [0.15, 0.2) is 0 Å². The number of halogens is 6. The van der Waals surface area contributed by atoms with E-state index in [1.165, 1.54) is 12.1 Å². The molecule has 0 aliphatic rings. The summed E-state index contributed by atoms with van der Waals surface area (Å²) >= 11 is 0. The third-order valence-corrected chi connectivity index (χ3v) is 3.18. The molecule has 9 heteroatoms.